The van der Waals surface area contributed by atoms with Gasteiger partial charge >= 0.3 is 0 Å². The molecule has 1 aliphatic rings. The topological polar surface area (TPSA) is 71.4 Å². The summed E-state index contributed by atoms with van der Waals surface area (Å²) in [4.78, 5) is 11.9. The van der Waals surface area contributed by atoms with Crippen LogP contribution in [0.15, 0.2) is 24.3 Å². The molecule has 0 amide bonds. The summed E-state index contributed by atoms with van der Waals surface area (Å²) in [6.45, 7) is 0. The SMILES string of the molecule is O=C(SCCS(=O)(=O)O)c1ccc(C2CCCCC2)cc1. The zero-order chi connectivity index (χ0) is 15.3. The van der Waals surface area contributed by atoms with Crippen LogP contribution in [0.4, 0.5) is 0 Å². The Bertz CT molecular complexity index is 572. The summed E-state index contributed by atoms with van der Waals surface area (Å²) in [5.41, 5.74) is 1.86. The molecule has 1 N–H and O–H groups in total. The van der Waals surface area contributed by atoms with E-state index in [4.69, 9.17) is 4.55 Å². The van der Waals surface area contributed by atoms with Gasteiger partial charge in [0.25, 0.3) is 10.1 Å². The third-order valence-corrected chi connectivity index (χ3v) is 5.68. The average Bonchev–Trinajstić information content (AvgIpc) is 2.47. The second kappa shape index (κ2) is 7.42. The van der Waals surface area contributed by atoms with Gasteiger partial charge in [0.1, 0.15) is 0 Å². The minimum Gasteiger partial charge on any atom is -0.286 e. The number of hydrogen-bond donors (Lipinski definition) is 1. The molecule has 1 saturated carbocycles. The van der Waals surface area contributed by atoms with Gasteiger partial charge in [-0.15, -0.1) is 0 Å². The van der Waals surface area contributed by atoms with Gasteiger partial charge in [-0.3, -0.25) is 9.35 Å². The highest BCUT2D eigenvalue weighted by Crippen LogP contribution is 2.32. The van der Waals surface area contributed by atoms with E-state index in [2.05, 4.69) is 0 Å². The van der Waals surface area contributed by atoms with Crippen LogP contribution < -0.4 is 0 Å². The molecule has 116 valence electrons. The lowest BCUT2D eigenvalue weighted by Crippen LogP contribution is -2.08. The average molecular weight is 328 g/mol. The highest BCUT2D eigenvalue weighted by molar-refractivity contribution is 8.14. The van der Waals surface area contributed by atoms with E-state index in [0.717, 1.165) is 11.8 Å². The first kappa shape index (κ1) is 16.5. The molecular formula is C15H20O4S2. The van der Waals surface area contributed by atoms with Crippen LogP contribution in [0.1, 0.15) is 53.9 Å². The monoisotopic (exact) mass is 328 g/mol. The van der Waals surface area contributed by atoms with Crippen molar-refractivity contribution in [2.24, 2.45) is 0 Å². The summed E-state index contributed by atoms with van der Waals surface area (Å²) in [6.07, 6.45) is 6.30. The van der Waals surface area contributed by atoms with Gasteiger partial charge < -0.3 is 0 Å². The molecule has 0 atom stereocenters. The molecule has 0 aliphatic heterocycles. The Morgan fingerprint density at radius 2 is 1.76 bits per heavy atom. The van der Waals surface area contributed by atoms with Crippen LogP contribution >= 0.6 is 11.8 Å². The van der Waals surface area contributed by atoms with Gasteiger partial charge in [0.15, 0.2) is 0 Å². The molecule has 1 fully saturated rings. The lowest BCUT2D eigenvalue weighted by atomic mass is 9.84. The molecule has 0 aromatic heterocycles. The quantitative estimate of drug-likeness (QED) is 0.838. The van der Waals surface area contributed by atoms with Crippen molar-refractivity contribution in [1.29, 1.82) is 0 Å². The van der Waals surface area contributed by atoms with Crippen molar-refractivity contribution in [3.05, 3.63) is 35.4 Å². The van der Waals surface area contributed by atoms with Gasteiger partial charge in [-0.25, -0.2) is 0 Å². The van der Waals surface area contributed by atoms with Crippen molar-refractivity contribution >= 4 is 27.0 Å². The van der Waals surface area contributed by atoms with Gasteiger partial charge in [0.2, 0.25) is 5.12 Å². The van der Waals surface area contributed by atoms with Crippen molar-refractivity contribution in [2.75, 3.05) is 11.5 Å². The van der Waals surface area contributed by atoms with Gasteiger partial charge in [-0.2, -0.15) is 8.42 Å². The van der Waals surface area contributed by atoms with Crippen LogP contribution in [-0.2, 0) is 10.1 Å². The zero-order valence-corrected chi connectivity index (χ0v) is 13.5. The molecular weight excluding hydrogens is 308 g/mol. The minimum atomic E-state index is -4.00. The first-order valence-corrected chi connectivity index (χ1v) is 9.77. The Hall–Kier alpha value is -0.850. The van der Waals surface area contributed by atoms with E-state index >= 15 is 0 Å². The fourth-order valence-corrected chi connectivity index (χ4v) is 4.31. The van der Waals surface area contributed by atoms with Crippen molar-refractivity contribution in [3.63, 3.8) is 0 Å². The largest absolute Gasteiger partial charge is 0.286 e. The first-order valence-electron chi connectivity index (χ1n) is 7.18. The van der Waals surface area contributed by atoms with E-state index in [1.807, 2.05) is 24.3 Å². The Kier molecular flexibility index (Phi) is 5.84. The fraction of sp³-hybridized carbons (Fsp3) is 0.533. The van der Waals surface area contributed by atoms with E-state index in [-0.39, 0.29) is 10.9 Å². The molecule has 6 heteroatoms. The fourth-order valence-electron chi connectivity index (χ4n) is 2.65. The number of carbonyl (C=O) groups is 1. The normalized spacial score (nSPS) is 16.8. The maximum Gasteiger partial charge on any atom is 0.265 e. The van der Waals surface area contributed by atoms with E-state index in [9.17, 15) is 13.2 Å². The Balaban J connectivity index is 1.90. The lowest BCUT2D eigenvalue weighted by molar-refractivity contribution is 0.108. The van der Waals surface area contributed by atoms with Gasteiger partial charge in [-0.05, 0) is 24.3 Å². The molecule has 21 heavy (non-hydrogen) atoms. The van der Waals surface area contributed by atoms with Crippen LogP contribution in [0.25, 0.3) is 0 Å². The Morgan fingerprint density at radius 3 is 2.33 bits per heavy atom. The van der Waals surface area contributed by atoms with Gasteiger partial charge in [0.05, 0.1) is 5.75 Å². The maximum absolute atomic E-state index is 11.9. The predicted octanol–water partition coefficient (Wildman–Crippen LogP) is 3.50. The summed E-state index contributed by atoms with van der Waals surface area (Å²) in [5.74, 6) is 0.279. The molecule has 0 bridgehead atoms. The Labute approximate surface area is 130 Å². The molecule has 2 rings (SSSR count). The summed E-state index contributed by atoms with van der Waals surface area (Å²) in [5, 5.41) is -0.158. The zero-order valence-electron chi connectivity index (χ0n) is 11.8. The number of carbonyl (C=O) groups excluding carboxylic acids is 1. The van der Waals surface area contributed by atoms with Crippen molar-refractivity contribution in [1.82, 2.24) is 0 Å². The molecule has 1 aliphatic carbocycles. The highest BCUT2D eigenvalue weighted by atomic mass is 32.2. The molecule has 0 saturated heterocycles. The molecule has 1 aromatic carbocycles. The van der Waals surface area contributed by atoms with Crippen LogP contribution in [-0.4, -0.2) is 29.6 Å². The minimum absolute atomic E-state index is 0.0715. The van der Waals surface area contributed by atoms with Crippen LogP contribution in [0.5, 0.6) is 0 Å². The summed E-state index contributed by atoms with van der Waals surface area (Å²) < 4.78 is 29.8. The number of thioether (sulfide) groups is 1. The second-order valence-corrected chi connectivity index (χ2v) is 8.02. The molecule has 0 spiro atoms. The van der Waals surface area contributed by atoms with E-state index in [0.29, 0.717) is 11.5 Å². The van der Waals surface area contributed by atoms with Crippen LogP contribution in [0, 0.1) is 0 Å². The molecule has 0 radical (unpaired) electrons. The highest BCUT2D eigenvalue weighted by Gasteiger charge is 2.16. The van der Waals surface area contributed by atoms with E-state index in [1.54, 1.807) is 0 Å². The van der Waals surface area contributed by atoms with Gasteiger partial charge in [-0.1, -0.05) is 55.3 Å². The van der Waals surface area contributed by atoms with E-state index in [1.165, 1.54) is 37.7 Å². The number of rotatable bonds is 5. The predicted molar refractivity (Wildman–Crippen MR) is 85.5 cm³/mol. The van der Waals surface area contributed by atoms with Crippen molar-refractivity contribution in [3.8, 4) is 0 Å². The van der Waals surface area contributed by atoms with Crippen LogP contribution in [0.3, 0.4) is 0 Å². The summed E-state index contributed by atoms with van der Waals surface area (Å²) in [7, 11) is -4.00. The third kappa shape index (κ3) is 5.45. The summed E-state index contributed by atoms with van der Waals surface area (Å²) in [6, 6.07) is 7.64. The number of benzene rings is 1. The Morgan fingerprint density at radius 1 is 1.14 bits per heavy atom. The van der Waals surface area contributed by atoms with Crippen molar-refractivity contribution < 1.29 is 17.8 Å². The molecule has 0 heterocycles. The lowest BCUT2D eigenvalue weighted by Gasteiger charge is -2.21. The van der Waals surface area contributed by atoms with Crippen molar-refractivity contribution in [2.45, 2.75) is 38.0 Å². The van der Waals surface area contributed by atoms with Gasteiger partial charge in [0, 0.05) is 11.3 Å². The first-order chi connectivity index (χ1) is 9.96. The second-order valence-electron chi connectivity index (χ2n) is 5.38. The summed E-state index contributed by atoms with van der Waals surface area (Å²) >= 11 is 0.920. The standard InChI is InChI=1S/C15H20O4S2/c16-15(20-10-11-21(17,18)19)14-8-6-13(7-9-14)12-4-2-1-3-5-12/h6-9,12H,1-5,10-11H2,(H,17,18,19). The van der Waals surface area contributed by atoms with E-state index < -0.39 is 15.9 Å². The molecule has 0 unspecified atom stereocenters. The molecule has 1 aromatic rings. The number of hydrogen-bond acceptors (Lipinski definition) is 4. The smallest absolute Gasteiger partial charge is 0.265 e. The van der Waals surface area contributed by atoms with Crippen LogP contribution in [0.2, 0.25) is 0 Å². The third-order valence-electron chi connectivity index (χ3n) is 3.80. The maximum atomic E-state index is 11.9. The molecule has 4 nitrogen and oxygen atoms in total.